The second-order valence-electron chi connectivity index (χ2n) is 5.29. The number of likely N-dealkylation sites (N-methyl/N-ethyl adjacent to an activating group) is 1. The fraction of sp³-hybridized carbons (Fsp3) is 0.909. The Morgan fingerprint density at radius 1 is 1.50 bits per heavy atom. The molecule has 94 valence electrons. The molecule has 0 aromatic carbocycles. The van der Waals surface area contributed by atoms with E-state index in [-0.39, 0.29) is 18.6 Å². The molecular weight excluding hydrogens is 208 g/mol. The van der Waals surface area contributed by atoms with Gasteiger partial charge in [-0.2, -0.15) is 0 Å². The number of ether oxygens (including phenoxy) is 1. The molecule has 5 nitrogen and oxygen atoms in total. The van der Waals surface area contributed by atoms with E-state index in [2.05, 4.69) is 5.32 Å². The van der Waals surface area contributed by atoms with Crippen LogP contribution in [-0.2, 0) is 9.53 Å². The van der Waals surface area contributed by atoms with Crippen LogP contribution in [0.4, 0.5) is 0 Å². The zero-order valence-corrected chi connectivity index (χ0v) is 10.5. The average Bonchev–Trinajstić information content (AvgIpc) is 2.47. The maximum absolute atomic E-state index is 11.6. The molecule has 0 radical (unpaired) electrons. The molecule has 0 bridgehead atoms. The quantitative estimate of drug-likeness (QED) is 0.646. The number of aliphatic hydroxyl groups is 1. The van der Waals surface area contributed by atoms with Gasteiger partial charge in [-0.1, -0.05) is 0 Å². The number of esters is 1. The Hall–Kier alpha value is -0.650. The lowest BCUT2D eigenvalue weighted by atomic mass is 10.2. The molecule has 2 atom stereocenters. The Morgan fingerprint density at radius 3 is 2.56 bits per heavy atom. The second-order valence-corrected chi connectivity index (χ2v) is 5.29. The summed E-state index contributed by atoms with van der Waals surface area (Å²) in [5.74, 6) is -0.255. The molecule has 0 spiro atoms. The van der Waals surface area contributed by atoms with E-state index in [9.17, 15) is 9.90 Å². The number of hydrogen-bond donors (Lipinski definition) is 2. The van der Waals surface area contributed by atoms with Crippen molar-refractivity contribution in [1.29, 1.82) is 0 Å². The lowest BCUT2D eigenvalue weighted by Gasteiger charge is -2.27. The fourth-order valence-electron chi connectivity index (χ4n) is 1.80. The molecule has 5 heteroatoms. The van der Waals surface area contributed by atoms with Gasteiger partial charge in [-0.3, -0.25) is 9.69 Å². The predicted octanol–water partition coefficient (Wildman–Crippen LogP) is -0.407. The van der Waals surface area contributed by atoms with Gasteiger partial charge in [0.05, 0.1) is 12.6 Å². The molecule has 1 fully saturated rings. The Bertz CT molecular complexity index is 250. The van der Waals surface area contributed by atoms with Gasteiger partial charge in [-0.25, -0.2) is 0 Å². The van der Waals surface area contributed by atoms with Crippen LogP contribution in [0.2, 0.25) is 0 Å². The van der Waals surface area contributed by atoms with Gasteiger partial charge in [0.15, 0.2) is 0 Å². The van der Waals surface area contributed by atoms with Crippen LogP contribution < -0.4 is 5.32 Å². The highest BCUT2D eigenvalue weighted by atomic mass is 16.6. The molecule has 0 amide bonds. The van der Waals surface area contributed by atoms with E-state index in [1.54, 1.807) is 0 Å². The smallest absolute Gasteiger partial charge is 0.320 e. The molecule has 1 aliphatic rings. The van der Waals surface area contributed by atoms with Crippen LogP contribution in [0.25, 0.3) is 0 Å². The van der Waals surface area contributed by atoms with E-state index in [1.807, 2.05) is 32.7 Å². The Kier molecular flexibility index (Phi) is 4.29. The molecule has 1 aliphatic heterocycles. The molecule has 0 aromatic heterocycles. The number of carbonyl (C=O) groups excluding carboxylic acids is 1. The van der Waals surface area contributed by atoms with E-state index < -0.39 is 11.7 Å². The average molecular weight is 230 g/mol. The highest BCUT2D eigenvalue weighted by Crippen LogP contribution is 2.10. The van der Waals surface area contributed by atoms with Gasteiger partial charge in [0.2, 0.25) is 0 Å². The first kappa shape index (κ1) is 13.4. The van der Waals surface area contributed by atoms with Crippen LogP contribution >= 0.6 is 0 Å². The number of nitrogens with one attached hydrogen (secondary N) is 1. The minimum absolute atomic E-state index is 0.00693. The number of aliphatic hydroxyl groups excluding tert-OH is 1. The second kappa shape index (κ2) is 5.12. The Labute approximate surface area is 96.8 Å². The summed E-state index contributed by atoms with van der Waals surface area (Å²) in [5.41, 5.74) is -0.454. The third-order valence-corrected chi connectivity index (χ3v) is 2.52. The van der Waals surface area contributed by atoms with Crippen LogP contribution in [0.5, 0.6) is 0 Å². The molecule has 1 saturated heterocycles. The minimum atomic E-state index is -0.454. The number of hydrogen-bond acceptors (Lipinski definition) is 5. The molecule has 1 heterocycles. The largest absolute Gasteiger partial charge is 0.459 e. The molecule has 1 rings (SSSR count). The summed E-state index contributed by atoms with van der Waals surface area (Å²) in [6.07, 6.45) is -0.410. The standard InChI is InChI=1S/C11H22N2O3/c1-11(2,3)16-10(15)7-13(4)8-5-12-6-9(8)14/h8-9,12,14H,5-7H2,1-4H3. The monoisotopic (exact) mass is 230 g/mol. The van der Waals surface area contributed by atoms with E-state index in [4.69, 9.17) is 4.74 Å². The van der Waals surface area contributed by atoms with Crippen molar-refractivity contribution in [2.75, 3.05) is 26.7 Å². The topological polar surface area (TPSA) is 61.8 Å². The third kappa shape index (κ3) is 4.08. The van der Waals surface area contributed by atoms with Gasteiger partial charge in [0.25, 0.3) is 0 Å². The maximum Gasteiger partial charge on any atom is 0.320 e. The number of nitrogens with zero attached hydrogens (tertiary/aromatic N) is 1. The predicted molar refractivity (Wildman–Crippen MR) is 61.1 cm³/mol. The van der Waals surface area contributed by atoms with Crippen LogP contribution in [-0.4, -0.2) is 60.4 Å². The minimum Gasteiger partial charge on any atom is -0.459 e. The van der Waals surface area contributed by atoms with Crippen LogP contribution in [0.3, 0.4) is 0 Å². The summed E-state index contributed by atoms with van der Waals surface area (Å²) >= 11 is 0. The first-order valence-electron chi connectivity index (χ1n) is 5.60. The Balaban J connectivity index is 2.39. The van der Waals surface area contributed by atoms with Gasteiger partial charge in [0, 0.05) is 19.1 Å². The van der Waals surface area contributed by atoms with E-state index in [1.165, 1.54) is 0 Å². The highest BCUT2D eigenvalue weighted by Gasteiger charge is 2.30. The van der Waals surface area contributed by atoms with Crippen molar-refractivity contribution in [3.63, 3.8) is 0 Å². The van der Waals surface area contributed by atoms with Crippen LogP contribution in [0.15, 0.2) is 0 Å². The molecule has 16 heavy (non-hydrogen) atoms. The summed E-state index contributed by atoms with van der Waals surface area (Å²) < 4.78 is 5.22. The molecular formula is C11H22N2O3. The number of rotatable bonds is 3. The lowest BCUT2D eigenvalue weighted by molar-refractivity contribution is -0.156. The summed E-state index contributed by atoms with van der Waals surface area (Å²) in [6.45, 7) is 7.04. The van der Waals surface area contributed by atoms with E-state index in [0.717, 1.165) is 0 Å². The van der Waals surface area contributed by atoms with Gasteiger partial charge in [-0.05, 0) is 27.8 Å². The molecule has 2 N–H and O–H groups in total. The highest BCUT2D eigenvalue weighted by molar-refractivity contribution is 5.72. The third-order valence-electron chi connectivity index (χ3n) is 2.52. The normalized spacial score (nSPS) is 26.1. The van der Waals surface area contributed by atoms with E-state index in [0.29, 0.717) is 13.1 Å². The van der Waals surface area contributed by atoms with Crippen molar-refractivity contribution in [3.05, 3.63) is 0 Å². The first-order chi connectivity index (χ1) is 7.29. The zero-order valence-electron chi connectivity index (χ0n) is 10.5. The van der Waals surface area contributed by atoms with Crippen molar-refractivity contribution < 1.29 is 14.6 Å². The Morgan fingerprint density at radius 2 is 2.12 bits per heavy atom. The van der Waals surface area contributed by atoms with Crippen molar-refractivity contribution in [1.82, 2.24) is 10.2 Å². The lowest BCUT2D eigenvalue weighted by Crippen LogP contribution is -2.44. The SMILES string of the molecule is CN(CC(=O)OC(C)(C)C)C1CNCC1O. The number of carbonyl (C=O) groups is 1. The molecule has 0 saturated carbocycles. The summed E-state index contributed by atoms with van der Waals surface area (Å²) in [7, 11) is 1.82. The molecule has 2 unspecified atom stereocenters. The van der Waals surface area contributed by atoms with Gasteiger partial charge in [0.1, 0.15) is 5.60 Å². The van der Waals surface area contributed by atoms with Crippen molar-refractivity contribution in [2.24, 2.45) is 0 Å². The van der Waals surface area contributed by atoms with Gasteiger partial charge >= 0.3 is 5.97 Å². The summed E-state index contributed by atoms with van der Waals surface area (Å²) in [6, 6.07) is -0.00693. The first-order valence-corrected chi connectivity index (χ1v) is 5.60. The zero-order chi connectivity index (χ0) is 12.3. The summed E-state index contributed by atoms with van der Waals surface area (Å²) in [5, 5.41) is 12.7. The van der Waals surface area contributed by atoms with Crippen LogP contribution in [0, 0.1) is 0 Å². The van der Waals surface area contributed by atoms with Crippen LogP contribution in [0.1, 0.15) is 20.8 Å². The van der Waals surface area contributed by atoms with Crippen molar-refractivity contribution >= 4 is 5.97 Å². The fourth-order valence-corrected chi connectivity index (χ4v) is 1.80. The van der Waals surface area contributed by atoms with Crippen molar-refractivity contribution in [3.8, 4) is 0 Å². The van der Waals surface area contributed by atoms with Gasteiger partial charge < -0.3 is 15.2 Å². The number of β-amino-alcohol motifs (C(OH)–C–C–N with tert-alkyl or cyclic N) is 1. The van der Waals surface area contributed by atoms with E-state index >= 15 is 0 Å². The maximum atomic E-state index is 11.6. The molecule has 0 aliphatic carbocycles. The van der Waals surface area contributed by atoms with Crippen molar-refractivity contribution in [2.45, 2.75) is 38.5 Å². The molecule has 0 aromatic rings. The van der Waals surface area contributed by atoms with Gasteiger partial charge in [-0.15, -0.1) is 0 Å². The summed E-state index contributed by atoms with van der Waals surface area (Å²) in [4.78, 5) is 13.4.